The van der Waals surface area contributed by atoms with Crippen LogP contribution >= 0.6 is 15.9 Å². The molecule has 130 valence electrons. The van der Waals surface area contributed by atoms with E-state index in [2.05, 4.69) is 52.5 Å². The normalized spacial score (nSPS) is 12.8. The summed E-state index contributed by atoms with van der Waals surface area (Å²) in [5, 5.41) is 0. The van der Waals surface area contributed by atoms with Crippen molar-refractivity contribution in [3.8, 4) is 5.75 Å². The zero-order valence-electron chi connectivity index (χ0n) is 14.0. The largest absolute Gasteiger partial charge is 0.573 e. The number of ether oxygens (including phenoxy) is 1. The Kier molecular flexibility index (Phi) is 9.88. The number of aliphatic imine (C=N–C) groups is 1. The van der Waals surface area contributed by atoms with Gasteiger partial charge in [0.15, 0.2) is 0 Å². The molecule has 0 saturated carbocycles. The number of hydrogen-bond donors (Lipinski definition) is 0. The molecule has 0 unspecified atom stereocenters. The second-order valence-corrected chi connectivity index (χ2v) is 5.94. The van der Waals surface area contributed by atoms with Gasteiger partial charge in [0.2, 0.25) is 0 Å². The molecule has 0 aliphatic rings. The minimum absolute atomic E-state index is 0.187. The van der Waals surface area contributed by atoms with E-state index in [1.807, 2.05) is 7.05 Å². The fourth-order valence-electron chi connectivity index (χ4n) is 1.66. The van der Waals surface area contributed by atoms with Gasteiger partial charge in [-0.1, -0.05) is 44.5 Å². The highest BCUT2D eigenvalue weighted by atomic mass is 79.9. The van der Waals surface area contributed by atoms with Crippen LogP contribution < -0.4 is 4.74 Å². The highest BCUT2D eigenvalue weighted by Crippen LogP contribution is 2.22. The van der Waals surface area contributed by atoms with Gasteiger partial charge in [0, 0.05) is 11.5 Å². The van der Waals surface area contributed by atoms with Gasteiger partial charge in [-0.3, -0.25) is 4.99 Å². The van der Waals surface area contributed by atoms with Crippen molar-refractivity contribution in [2.24, 2.45) is 10.9 Å². The number of allylic oxidation sites excluding steroid dienone is 2. The second-order valence-electron chi connectivity index (χ2n) is 5.08. The van der Waals surface area contributed by atoms with Crippen LogP contribution in [0.15, 0.2) is 39.8 Å². The average Bonchev–Trinajstić information content (AvgIpc) is 2.41. The van der Waals surface area contributed by atoms with Crippen molar-refractivity contribution < 1.29 is 17.9 Å². The Balaban J connectivity index is 0.000000423. The fourth-order valence-corrected chi connectivity index (χ4v) is 2.62. The summed E-state index contributed by atoms with van der Waals surface area (Å²) in [7, 11) is 1.83. The van der Waals surface area contributed by atoms with Crippen molar-refractivity contribution in [1.29, 1.82) is 0 Å². The summed E-state index contributed by atoms with van der Waals surface area (Å²) in [4.78, 5) is 4.21. The van der Waals surface area contributed by atoms with Crippen LogP contribution in [0, 0.1) is 12.8 Å². The smallest absolute Gasteiger partial charge is 0.406 e. The topological polar surface area (TPSA) is 21.6 Å². The first-order valence-electron chi connectivity index (χ1n) is 7.25. The Labute approximate surface area is 144 Å². The molecule has 0 atom stereocenters. The third kappa shape index (κ3) is 10.2. The van der Waals surface area contributed by atoms with E-state index in [0.717, 1.165) is 22.2 Å². The molecule has 1 aromatic rings. The van der Waals surface area contributed by atoms with E-state index < -0.39 is 6.36 Å². The number of halogens is 4. The maximum Gasteiger partial charge on any atom is 0.573 e. The van der Waals surface area contributed by atoms with Gasteiger partial charge in [-0.15, -0.1) is 13.2 Å². The molecule has 0 radical (unpaired) electrons. The van der Waals surface area contributed by atoms with Gasteiger partial charge in [0.1, 0.15) is 5.75 Å². The molecule has 0 spiro atoms. The van der Waals surface area contributed by atoms with Crippen LogP contribution in [0.1, 0.15) is 32.8 Å². The van der Waals surface area contributed by atoms with Crippen LogP contribution in [-0.4, -0.2) is 19.1 Å². The molecule has 23 heavy (non-hydrogen) atoms. The summed E-state index contributed by atoms with van der Waals surface area (Å²) in [6, 6.07) is 5.67. The molecular weight excluding hydrogens is 371 g/mol. The Hall–Kier alpha value is -1.30. The summed E-state index contributed by atoms with van der Waals surface area (Å²) < 4.78 is 39.7. The van der Waals surface area contributed by atoms with Crippen molar-refractivity contribution in [3.05, 3.63) is 40.4 Å². The number of aryl methyl sites for hydroxylation is 1. The third-order valence-corrected chi connectivity index (χ3v) is 3.40. The SMILES string of the molecule is CC/C=C(/Br)C(=NC)C(C)C.Cc1ccc(OC(F)(F)F)cc1. The summed E-state index contributed by atoms with van der Waals surface area (Å²) in [5.74, 6) is 0.310. The van der Waals surface area contributed by atoms with Gasteiger partial charge in [-0.25, -0.2) is 0 Å². The Morgan fingerprint density at radius 3 is 2.13 bits per heavy atom. The first-order chi connectivity index (χ1) is 10.6. The molecule has 0 heterocycles. The number of benzene rings is 1. The molecule has 0 amide bonds. The van der Waals surface area contributed by atoms with Gasteiger partial charge in [-0.2, -0.15) is 0 Å². The lowest BCUT2D eigenvalue weighted by atomic mass is 10.1. The van der Waals surface area contributed by atoms with Crippen LogP contribution in [0.5, 0.6) is 5.75 Å². The molecule has 0 saturated heterocycles. The molecule has 0 aliphatic carbocycles. The van der Waals surface area contributed by atoms with E-state index in [-0.39, 0.29) is 5.75 Å². The third-order valence-electron chi connectivity index (χ3n) is 2.67. The van der Waals surface area contributed by atoms with Gasteiger partial charge in [0.25, 0.3) is 0 Å². The predicted octanol–water partition coefficient (Wildman–Crippen LogP) is 6.30. The Bertz CT molecular complexity index is 520. The lowest BCUT2D eigenvalue weighted by Crippen LogP contribution is -2.16. The fraction of sp³-hybridized carbons (Fsp3) is 0.471. The van der Waals surface area contributed by atoms with E-state index in [1.165, 1.54) is 12.1 Å². The van der Waals surface area contributed by atoms with Gasteiger partial charge < -0.3 is 4.74 Å². The van der Waals surface area contributed by atoms with Gasteiger partial charge >= 0.3 is 6.36 Å². The molecule has 0 bridgehead atoms. The quantitative estimate of drug-likeness (QED) is 0.550. The molecule has 2 nitrogen and oxygen atoms in total. The Morgan fingerprint density at radius 2 is 1.78 bits per heavy atom. The maximum absolute atomic E-state index is 11.6. The van der Waals surface area contributed by atoms with Crippen LogP contribution in [0.3, 0.4) is 0 Å². The maximum atomic E-state index is 11.6. The average molecular weight is 394 g/mol. The van der Waals surface area contributed by atoms with Crippen molar-refractivity contribution in [1.82, 2.24) is 0 Å². The first kappa shape index (κ1) is 21.7. The van der Waals surface area contributed by atoms with E-state index >= 15 is 0 Å². The summed E-state index contributed by atoms with van der Waals surface area (Å²) in [6.45, 7) is 8.20. The molecule has 0 fully saturated rings. The summed E-state index contributed by atoms with van der Waals surface area (Å²) >= 11 is 3.50. The van der Waals surface area contributed by atoms with Crippen LogP contribution in [0.25, 0.3) is 0 Å². The van der Waals surface area contributed by atoms with E-state index in [0.29, 0.717) is 5.92 Å². The van der Waals surface area contributed by atoms with Crippen LogP contribution in [-0.2, 0) is 0 Å². The molecule has 6 heteroatoms. The van der Waals surface area contributed by atoms with Crippen molar-refractivity contribution in [2.45, 2.75) is 40.5 Å². The minimum atomic E-state index is -4.60. The monoisotopic (exact) mass is 393 g/mol. The van der Waals surface area contributed by atoms with Crippen LogP contribution in [0.4, 0.5) is 13.2 Å². The van der Waals surface area contributed by atoms with E-state index in [9.17, 15) is 13.2 Å². The standard InChI is InChI=1S/C9H16BrN.C8H7F3O/c1-5-6-8(10)9(11-4)7(2)3;1-6-2-4-7(5-3-6)12-8(9,10)11/h6-7H,5H2,1-4H3;2-5H,1H3/b8-6+,11-9?;. The molecule has 1 rings (SSSR count). The molecule has 0 aliphatic heterocycles. The zero-order chi connectivity index (χ0) is 18.0. The Morgan fingerprint density at radius 1 is 1.26 bits per heavy atom. The lowest BCUT2D eigenvalue weighted by molar-refractivity contribution is -0.274. The number of alkyl halides is 3. The second kappa shape index (κ2) is 10.5. The highest BCUT2D eigenvalue weighted by molar-refractivity contribution is 9.12. The summed E-state index contributed by atoms with van der Waals surface area (Å²) in [6.07, 6.45) is -1.41. The molecular formula is C17H23BrF3NO. The zero-order valence-corrected chi connectivity index (χ0v) is 15.6. The van der Waals surface area contributed by atoms with Gasteiger partial charge in [0.05, 0.1) is 5.71 Å². The molecule has 0 N–H and O–H groups in total. The van der Waals surface area contributed by atoms with Crippen molar-refractivity contribution in [2.75, 3.05) is 7.05 Å². The minimum Gasteiger partial charge on any atom is -0.406 e. The lowest BCUT2D eigenvalue weighted by Gasteiger charge is -2.08. The molecule has 1 aromatic carbocycles. The number of nitrogens with zero attached hydrogens (tertiary/aromatic N) is 1. The first-order valence-corrected chi connectivity index (χ1v) is 8.05. The van der Waals surface area contributed by atoms with Crippen molar-refractivity contribution in [3.63, 3.8) is 0 Å². The van der Waals surface area contributed by atoms with Gasteiger partial charge in [-0.05, 0) is 47.3 Å². The van der Waals surface area contributed by atoms with Crippen molar-refractivity contribution >= 4 is 21.6 Å². The highest BCUT2D eigenvalue weighted by Gasteiger charge is 2.30. The summed E-state index contributed by atoms with van der Waals surface area (Å²) in [5.41, 5.74) is 2.04. The predicted molar refractivity (Wildman–Crippen MR) is 93.4 cm³/mol. The number of hydrogen-bond acceptors (Lipinski definition) is 2. The number of rotatable bonds is 4. The van der Waals surface area contributed by atoms with Crippen LogP contribution in [0.2, 0.25) is 0 Å². The van der Waals surface area contributed by atoms with E-state index in [1.54, 1.807) is 19.1 Å². The van der Waals surface area contributed by atoms with E-state index in [4.69, 9.17) is 0 Å². The molecule has 0 aromatic heterocycles.